The molecule has 0 atom stereocenters. The molecule has 0 aliphatic rings. The molecule has 0 saturated carbocycles. The minimum absolute atomic E-state index is 0.0159. The van der Waals surface area contributed by atoms with E-state index in [-0.39, 0.29) is 28.6 Å². The second kappa shape index (κ2) is 8.49. The van der Waals surface area contributed by atoms with Crippen LogP contribution in [-0.2, 0) is 13.5 Å². The summed E-state index contributed by atoms with van der Waals surface area (Å²) in [6.45, 7) is 4.13. The number of carbonyl (C=O) groups is 1. The zero-order chi connectivity index (χ0) is 22.9. The second-order valence-corrected chi connectivity index (χ2v) is 7.34. The molecule has 0 aliphatic heterocycles. The van der Waals surface area contributed by atoms with Gasteiger partial charge in [0.25, 0.3) is 0 Å². The lowest BCUT2D eigenvalue weighted by atomic mass is 10.0. The molecule has 3 rings (SSSR count). The molecule has 2 aromatic heterocycles. The minimum atomic E-state index is -4.61. The molecule has 0 spiro atoms. The summed E-state index contributed by atoms with van der Waals surface area (Å²) in [7, 11) is 1.44. The smallest absolute Gasteiger partial charge is 0.422 e. The predicted octanol–water partition coefficient (Wildman–Crippen LogP) is 5.23. The highest BCUT2D eigenvalue weighted by molar-refractivity contribution is 6.01. The first-order chi connectivity index (χ1) is 14.5. The fourth-order valence-corrected chi connectivity index (χ4v) is 3.39. The molecule has 166 valence electrons. The standard InChI is InChI=1S/C22H23F3N2O4/c1-5-17-15(13-6-8-14(9-7-13)31-12(2)3)10-16-19(30-11-22(23,24)25)18(21(28)29)27(4)20(16)26-17/h6-10,12H,5,11H2,1-4H3,(H,28,29). The maximum Gasteiger partial charge on any atom is 0.422 e. The Morgan fingerprint density at radius 3 is 2.39 bits per heavy atom. The van der Waals surface area contributed by atoms with Crippen molar-refractivity contribution in [2.24, 2.45) is 7.05 Å². The van der Waals surface area contributed by atoms with Crippen LogP contribution in [0.25, 0.3) is 22.2 Å². The highest BCUT2D eigenvalue weighted by Crippen LogP contribution is 2.37. The van der Waals surface area contributed by atoms with Gasteiger partial charge in [-0.05, 0) is 44.0 Å². The van der Waals surface area contributed by atoms with Crippen LogP contribution in [0.2, 0.25) is 0 Å². The molecule has 0 fully saturated rings. The third-order valence-corrected chi connectivity index (χ3v) is 4.65. The number of ether oxygens (including phenoxy) is 2. The van der Waals surface area contributed by atoms with Gasteiger partial charge in [-0.25, -0.2) is 9.78 Å². The fraction of sp³-hybridized carbons (Fsp3) is 0.364. The van der Waals surface area contributed by atoms with Crippen molar-refractivity contribution < 1.29 is 32.5 Å². The summed E-state index contributed by atoms with van der Waals surface area (Å²) in [4.78, 5) is 16.3. The zero-order valence-electron chi connectivity index (χ0n) is 17.6. The summed E-state index contributed by atoms with van der Waals surface area (Å²) < 4.78 is 50.1. The van der Waals surface area contributed by atoms with E-state index in [1.165, 1.54) is 11.6 Å². The first-order valence-corrected chi connectivity index (χ1v) is 9.74. The molecule has 0 aliphatic carbocycles. The Morgan fingerprint density at radius 1 is 1.23 bits per heavy atom. The van der Waals surface area contributed by atoms with E-state index in [0.29, 0.717) is 23.4 Å². The van der Waals surface area contributed by atoms with Crippen LogP contribution in [-0.4, -0.2) is 39.5 Å². The molecule has 0 unspecified atom stereocenters. The van der Waals surface area contributed by atoms with Gasteiger partial charge in [0, 0.05) is 12.6 Å². The van der Waals surface area contributed by atoms with Crippen molar-refractivity contribution in [3.05, 3.63) is 41.7 Å². The molecular weight excluding hydrogens is 413 g/mol. The molecule has 1 aromatic carbocycles. The van der Waals surface area contributed by atoms with E-state index in [2.05, 4.69) is 4.98 Å². The Balaban J connectivity index is 2.18. The van der Waals surface area contributed by atoms with E-state index >= 15 is 0 Å². The fourth-order valence-electron chi connectivity index (χ4n) is 3.39. The number of fused-ring (bicyclic) bond motifs is 1. The molecule has 0 amide bonds. The van der Waals surface area contributed by atoms with Crippen LogP contribution in [0.1, 0.15) is 37.0 Å². The van der Waals surface area contributed by atoms with Crippen molar-refractivity contribution in [3.63, 3.8) is 0 Å². The van der Waals surface area contributed by atoms with Crippen LogP contribution in [0.3, 0.4) is 0 Å². The summed E-state index contributed by atoms with van der Waals surface area (Å²) in [6, 6.07) is 8.90. The van der Waals surface area contributed by atoms with Crippen molar-refractivity contribution in [2.75, 3.05) is 6.61 Å². The molecule has 0 bridgehead atoms. The van der Waals surface area contributed by atoms with Crippen molar-refractivity contribution in [3.8, 4) is 22.6 Å². The number of pyridine rings is 1. The number of hydrogen-bond acceptors (Lipinski definition) is 4. The number of hydrogen-bond donors (Lipinski definition) is 1. The van der Waals surface area contributed by atoms with Gasteiger partial charge in [0.1, 0.15) is 11.4 Å². The van der Waals surface area contributed by atoms with Gasteiger partial charge in [-0.3, -0.25) is 0 Å². The van der Waals surface area contributed by atoms with Gasteiger partial charge in [-0.1, -0.05) is 19.1 Å². The highest BCUT2D eigenvalue weighted by Gasteiger charge is 2.32. The van der Waals surface area contributed by atoms with Gasteiger partial charge in [-0.15, -0.1) is 0 Å². The average Bonchev–Trinajstić information content (AvgIpc) is 2.96. The number of aryl methyl sites for hydroxylation is 2. The van der Waals surface area contributed by atoms with Crippen LogP contribution in [0, 0.1) is 0 Å². The molecule has 3 aromatic rings. The Morgan fingerprint density at radius 2 is 1.87 bits per heavy atom. The van der Waals surface area contributed by atoms with Crippen molar-refractivity contribution in [2.45, 2.75) is 39.5 Å². The number of halogens is 3. The average molecular weight is 436 g/mol. The summed E-state index contributed by atoms with van der Waals surface area (Å²) >= 11 is 0. The predicted molar refractivity (Wildman–Crippen MR) is 110 cm³/mol. The molecule has 31 heavy (non-hydrogen) atoms. The monoisotopic (exact) mass is 436 g/mol. The van der Waals surface area contributed by atoms with Crippen molar-refractivity contribution >= 4 is 17.0 Å². The van der Waals surface area contributed by atoms with Gasteiger partial charge < -0.3 is 19.1 Å². The number of carboxylic acid groups (broad SMARTS) is 1. The van der Waals surface area contributed by atoms with E-state index in [9.17, 15) is 23.1 Å². The maximum atomic E-state index is 12.8. The number of carboxylic acids is 1. The topological polar surface area (TPSA) is 73.6 Å². The van der Waals surface area contributed by atoms with Gasteiger partial charge in [-0.2, -0.15) is 13.2 Å². The summed E-state index contributed by atoms with van der Waals surface area (Å²) in [5.74, 6) is -1.06. The lowest BCUT2D eigenvalue weighted by Gasteiger charge is -2.12. The first kappa shape index (κ1) is 22.5. The number of rotatable bonds is 7. The summed E-state index contributed by atoms with van der Waals surface area (Å²) in [5, 5.41) is 9.78. The van der Waals surface area contributed by atoms with Crippen molar-refractivity contribution in [1.29, 1.82) is 0 Å². The Bertz CT molecular complexity index is 1100. The van der Waals surface area contributed by atoms with Gasteiger partial charge in [0.2, 0.25) is 0 Å². The number of benzene rings is 1. The van der Waals surface area contributed by atoms with Crippen LogP contribution in [0.5, 0.6) is 11.5 Å². The molecule has 0 saturated heterocycles. The normalized spacial score (nSPS) is 11.9. The quantitative estimate of drug-likeness (QED) is 0.549. The van der Waals surface area contributed by atoms with Crippen LogP contribution >= 0.6 is 0 Å². The van der Waals surface area contributed by atoms with Gasteiger partial charge >= 0.3 is 12.1 Å². The summed E-state index contributed by atoms with van der Waals surface area (Å²) in [6.07, 6.45) is -4.05. The molecule has 0 radical (unpaired) electrons. The minimum Gasteiger partial charge on any atom is -0.491 e. The van der Waals surface area contributed by atoms with E-state index in [1.54, 1.807) is 18.2 Å². The lowest BCUT2D eigenvalue weighted by Crippen LogP contribution is -2.20. The number of aromatic carboxylic acids is 1. The second-order valence-electron chi connectivity index (χ2n) is 7.34. The lowest BCUT2D eigenvalue weighted by molar-refractivity contribution is -0.153. The molecule has 6 nitrogen and oxygen atoms in total. The van der Waals surface area contributed by atoms with E-state index in [1.807, 2.05) is 32.9 Å². The number of aromatic nitrogens is 2. The molecule has 1 N–H and O–H groups in total. The zero-order valence-corrected chi connectivity index (χ0v) is 17.6. The molecular formula is C22H23F3N2O4. The van der Waals surface area contributed by atoms with E-state index < -0.39 is 18.8 Å². The highest BCUT2D eigenvalue weighted by atomic mass is 19.4. The third kappa shape index (κ3) is 4.76. The number of alkyl halides is 3. The van der Waals surface area contributed by atoms with Crippen LogP contribution in [0.15, 0.2) is 30.3 Å². The maximum absolute atomic E-state index is 12.8. The van der Waals surface area contributed by atoms with Crippen molar-refractivity contribution in [1.82, 2.24) is 9.55 Å². The van der Waals surface area contributed by atoms with E-state index in [0.717, 1.165) is 5.56 Å². The van der Waals surface area contributed by atoms with Crippen LogP contribution in [0.4, 0.5) is 13.2 Å². The van der Waals surface area contributed by atoms with Gasteiger partial charge in [0.05, 0.1) is 17.2 Å². The van der Waals surface area contributed by atoms with Gasteiger partial charge in [0.15, 0.2) is 18.1 Å². The Labute approximate surface area is 177 Å². The van der Waals surface area contributed by atoms with E-state index in [4.69, 9.17) is 9.47 Å². The largest absolute Gasteiger partial charge is 0.491 e. The number of nitrogens with zero attached hydrogens (tertiary/aromatic N) is 2. The van der Waals surface area contributed by atoms with Crippen LogP contribution < -0.4 is 9.47 Å². The molecule has 2 heterocycles. The Hall–Kier alpha value is -3.23. The molecule has 9 heteroatoms. The summed E-state index contributed by atoms with van der Waals surface area (Å²) in [5.41, 5.74) is 2.02. The SMILES string of the molecule is CCc1nc2c(cc1-c1ccc(OC(C)C)cc1)c(OCC(F)(F)F)c(C(=O)O)n2C. The third-order valence-electron chi connectivity index (χ3n) is 4.65. The first-order valence-electron chi connectivity index (χ1n) is 9.74. The Kier molecular flexibility index (Phi) is 6.15.